The van der Waals surface area contributed by atoms with Crippen LogP contribution in [0, 0.1) is 13.8 Å². The molecule has 4 N–H and O–H groups in total. The van der Waals surface area contributed by atoms with E-state index in [0.29, 0.717) is 12.1 Å². The molecule has 0 saturated heterocycles. The van der Waals surface area contributed by atoms with Crippen LogP contribution in [0.1, 0.15) is 27.3 Å². The second kappa shape index (κ2) is 6.12. The number of aryl methyl sites for hydroxylation is 2. The fourth-order valence-corrected chi connectivity index (χ4v) is 1.75. The molecule has 1 aromatic carbocycles. The van der Waals surface area contributed by atoms with Crippen LogP contribution in [0.5, 0.6) is 0 Å². The maximum Gasteiger partial charge on any atom is 0.251 e. The standard InChI is InChI=1S/C14H17N5O/c1-9-5-11(3-4-13(9)19-15)14(20)18-8-12-7-16-10(2)6-17-12/h3-7,19H,8,15H2,1-2H3,(H,18,20). The lowest BCUT2D eigenvalue weighted by Crippen LogP contribution is -2.23. The molecule has 0 aliphatic rings. The zero-order valence-corrected chi connectivity index (χ0v) is 11.5. The van der Waals surface area contributed by atoms with Gasteiger partial charge in [-0.1, -0.05) is 0 Å². The number of amides is 1. The summed E-state index contributed by atoms with van der Waals surface area (Å²) < 4.78 is 0. The van der Waals surface area contributed by atoms with Gasteiger partial charge in [0.25, 0.3) is 5.91 Å². The van der Waals surface area contributed by atoms with Crippen molar-refractivity contribution in [1.29, 1.82) is 0 Å². The maximum absolute atomic E-state index is 12.0. The van der Waals surface area contributed by atoms with E-state index in [1.165, 1.54) is 0 Å². The van der Waals surface area contributed by atoms with Gasteiger partial charge >= 0.3 is 0 Å². The average Bonchev–Trinajstić information content (AvgIpc) is 2.46. The highest BCUT2D eigenvalue weighted by atomic mass is 16.1. The van der Waals surface area contributed by atoms with Gasteiger partial charge in [0.2, 0.25) is 0 Å². The number of anilines is 1. The number of carbonyl (C=O) groups excluding carboxylic acids is 1. The van der Waals surface area contributed by atoms with Crippen molar-refractivity contribution in [3.8, 4) is 0 Å². The Morgan fingerprint density at radius 2 is 2.05 bits per heavy atom. The molecule has 1 amide bonds. The van der Waals surface area contributed by atoms with Gasteiger partial charge in [-0.3, -0.25) is 20.6 Å². The minimum atomic E-state index is -0.154. The van der Waals surface area contributed by atoms with Gasteiger partial charge in [-0.2, -0.15) is 0 Å². The molecule has 104 valence electrons. The third-order valence-electron chi connectivity index (χ3n) is 2.91. The molecule has 0 aliphatic carbocycles. The minimum absolute atomic E-state index is 0.154. The molecule has 0 radical (unpaired) electrons. The number of hydrogen-bond acceptors (Lipinski definition) is 5. The lowest BCUT2D eigenvalue weighted by Gasteiger charge is -2.08. The van der Waals surface area contributed by atoms with Crippen LogP contribution in [0.15, 0.2) is 30.6 Å². The molecule has 0 atom stereocenters. The van der Waals surface area contributed by atoms with Crippen LogP contribution in [0.3, 0.4) is 0 Å². The molecular formula is C14H17N5O. The topological polar surface area (TPSA) is 92.9 Å². The Labute approximate surface area is 117 Å². The normalized spacial score (nSPS) is 10.2. The monoisotopic (exact) mass is 271 g/mol. The molecular weight excluding hydrogens is 254 g/mol. The van der Waals surface area contributed by atoms with Crippen LogP contribution in [-0.4, -0.2) is 15.9 Å². The number of carbonyl (C=O) groups is 1. The van der Waals surface area contributed by atoms with Crippen LogP contribution < -0.4 is 16.6 Å². The second-order valence-electron chi connectivity index (χ2n) is 4.51. The third-order valence-corrected chi connectivity index (χ3v) is 2.91. The summed E-state index contributed by atoms with van der Waals surface area (Å²) in [5.41, 5.74) is 6.44. The summed E-state index contributed by atoms with van der Waals surface area (Å²) in [6, 6.07) is 5.28. The molecule has 0 spiro atoms. The van der Waals surface area contributed by atoms with E-state index in [4.69, 9.17) is 5.84 Å². The molecule has 1 heterocycles. The highest BCUT2D eigenvalue weighted by Crippen LogP contribution is 2.15. The van der Waals surface area contributed by atoms with Gasteiger partial charge in [0, 0.05) is 11.8 Å². The molecule has 2 aromatic rings. The number of rotatable bonds is 4. The van der Waals surface area contributed by atoms with Crippen LogP contribution in [0.25, 0.3) is 0 Å². The molecule has 6 nitrogen and oxygen atoms in total. The van der Waals surface area contributed by atoms with Crippen molar-refractivity contribution in [2.45, 2.75) is 20.4 Å². The van der Waals surface area contributed by atoms with E-state index in [1.807, 2.05) is 13.8 Å². The predicted octanol–water partition coefficient (Wildman–Crippen LogP) is 1.31. The number of nitrogens with zero attached hydrogens (tertiary/aromatic N) is 2. The van der Waals surface area contributed by atoms with E-state index in [9.17, 15) is 4.79 Å². The first-order valence-corrected chi connectivity index (χ1v) is 6.23. The van der Waals surface area contributed by atoms with Gasteiger partial charge in [-0.15, -0.1) is 0 Å². The summed E-state index contributed by atoms with van der Waals surface area (Å²) in [5, 5.41) is 2.81. The fraction of sp³-hybridized carbons (Fsp3) is 0.214. The van der Waals surface area contributed by atoms with Crippen molar-refractivity contribution >= 4 is 11.6 Å². The van der Waals surface area contributed by atoms with Gasteiger partial charge in [0.05, 0.1) is 29.8 Å². The largest absolute Gasteiger partial charge is 0.346 e. The summed E-state index contributed by atoms with van der Waals surface area (Å²) in [7, 11) is 0. The minimum Gasteiger partial charge on any atom is -0.346 e. The molecule has 0 bridgehead atoms. The Bertz CT molecular complexity index is 609. The third kappa shape index (κ3) is 3.30. The Balaban J connectivity index is 2.01. The van der Waals surface area contributed by atoms with E-state index in [1.54, 1.807) is 30.6 Å². The smallest absolute Gasteiger partial charge is 0.251 e. The first-order chi connectivity index (χ1) is 9.60. The Kier molecular flexibility index (Phi) is 4.27. The van der Waals surface area contributed by atoms with E-state index in [-0.39, 0.29) is 5.91 Å². The fourth-order valence-electron chi connectivity index (χ4n) is 1.75. The number of hydrogen-bond donors (Lipinski definition) is 3. The lowest BCUT2D eigenvalue weighted by atomic mass is 10.1. The summed E-state index contributed by atoms with van der Waals surface area (Å²) in [6.45, 7) is 4.10. The van der Waals surface area contributed by atoms with E-state index < -0.39 is 0 Å². The number of hydrazine groups is 1. The quantitative estimate of drug-likeness (QED) is 0.576. The van der Waals surface area contributed by atoms with Gasteiger partial charge in [0.1, 0.15) is 0 Å². The molecule has 6 heteroatoms. The van der Waals surface area contributed by atoms with Crippen LogP contribution in [0.4, 0.5) is 5.69 Å². The Morgan fingerprint density at radius 3 is 2.65 bits per heavy atom. The van der Waals surface area contributed by atoms with Crippen LogP contribution in [-0.2, 0) is 6.54 Å². The van der Waals surface area contributed by atoms with E-state index >= 15 is 0 Å². The van der Waals surface area contributed by atoms with Crippen LogP contribution in [0.2, 0.25) is 0 Å². The van der Waals surface area contributed by atoms with Crippen molar-refractivity contribution in [2.75, 3.05) is 5.43 Å². The van der Waals surface area contributed by atoms with Gasteiger partial charge < -0.3 is 10.7 Å². The molecule has 0 unspecified atom stereocenters. The summed E-state index contributed by atoms with van der Waals surface area (Å²) >= 11 is 0. The van der Waals surface area contributed by atoms with Gasteiger partial charge in [-0.25, -0.2) is 0 Å². The number of nitrogen functional groups attached to an aromatic ring is 1. The van der Waals surface area contributed by atoms with E-state index in [2.05, 4.69) is 20.7 Å². The van der Waals surface area contributed by atoms with Crippen molar-refractivity contribution in [1.82, 2.24) is 15.3 Å². The highest BCUT2D eigenvalue weighted by molar-refractivity contribution is 5.94. The van der Waals surface area contributed by atoms with Crippen molar-refractivity contribution in [3.05, 3.63) is 53.1 Å². The van der Waals surface area contributed by atoms with E-state index in [0.717, 1.165) is 22.6 Å². The van der Waals surface area contributed by atoms with Crippen molar-refractivity contribution in [2.24, 2.45) is 5.84 Å². The first kappa shape index (κ1) is 14.0. The maximum atomic E-state index is 12.0. The summed E-state index contributed by atoms with van der Waals surface area (Å²) in [6.07, 6.45) is 3.33. The Morgan fingerprint density at radius 1 is 1.25 bits per heavy atom. The average molecular weight is 271 g/mol. The van der Waals surface area contributed by atoms with Crippen molar-refractivity contribution in [3.63, 3.8) is 0 Å². The SMILES string of the molecule is Cc1cnc(CNC(=O)c2ccc(NN)c(C)c2)cn1. The Hall–Kier alpha value is -2.47. The number of benzene rings is 1. The summed E-state index contributed by atoms with van der Waals surface area (Å²) in [5.74, 6) is 5.20. The summed E-state index contributed by atoms with van der Waals surface area (Å²) in [4.78, 5) is 20.3. The van der Waals surface area contributed by atoms with Crippen LogP contribution >= 0.6 is 0 Å². The number of nitrogens with one attached hydrogen (secondary N) is 2. The molecule has 0 fully saturated rings. The number of aromatic nitrogens is 2. The highest BCUT2D eigenvalue weighted by Gasteiger charge is 2.07. The molecule has 2 rings (SSSR count). The molecule has 0 saturated carbocycles. The molecule has 0 aliphatic heterocycles. The zero-order valence-electron chi connectivity index (χ0n) is 11.5. The predicted molar refractivity (Wildman–Crippen MR) is 76.9 cm³/mol. The zero-order chi connectivity index (χ0) is 14.5. The second-order valence-corrected chi connectivity index (χ2v) is 4.51. The van der Waals surface area contributed by atoms with Crippen molar-refractivity contribution < 1.29 is 4.79 Å². The lowest BCUT2D eigenvalue weighted by molar-refractivity contribution is 0.0950. The van der Waals surface area contributed by atoms with Gasteiger partial charge in [-0.05, 0) is 37.6 Å². The molecule has 1 aromatic heterocycles. The van der Waals surface area contributed by atoms with Gasteiger partial charge in [0.15, 0.2) is 0 Å². The first-order valence-electron chi connectivity index (χ1n) is 6.23. The molecule has 20 heavy (non-hydrogen) atoms. The number of nitrogens with two attached hydrogens (primary N) is 1.